The molecule has 0 fully saturated rings. The molecule has 0 aromatic rings. The van der Waals surface area contributed by atoms with Gasteiger partial charge in [-0.25, -0.2) is 0 Å². The normalized spacial score (nSPS) is 10.2. The second kappa shape index (κ2) is 6.18. The first-order valence-corrected chi connectivity index (χ1v) is 5.16. The summed E-state index contributed by atoms with van der Waals surface area (Å²) >= 11 is 0. The summed E-state index contributed by atoms with van der Waals surface area (Å²) in [5.41, 5.74) is 0. The Morgan fingerprint density at radius 2 is 2.21 bits per heavy atom. The van der Waals surface area contributed by atoms with Gasteiger partial charge in [-0.2, -0.15) is 8.42 Å². The van der Waals surface area contributed by atoms with Crippen molar-refractivity contribution in [1.29, 1.82) is 0 Å². The van der Waals surface area contributed by atoms with Crippen LogP contribution in [0.25, 0.3) is 0 Å². The van der Waals surface area contributed by atoms with E-state index in [1.165, 1.54) is 6.08 Å². The fraction of sp³-hybridized carbons (Fsp3) is 0.375. The minimum Gasteiger partial charge on any atom is -0.461 e. The molecule has 0 saturated carbocycles. The van der Waals surface area contributed by atoms with Gasteiger partial charge in [0.2, 0.25) is 0 Å². The summed E-state index contributed by atoms with van der Waals surface area (Å²) in [7, 11) is -3.92. The Kier molecular flexibility index (Phi) is 5.60. The van der Waals surface area contributed by atoms with Crippen LogP contribution in [0.5, 0.6) is 0 Å². The number of ether oxygens (including phenoxy) is 1. The van der Waals surface area contributed by atoms with Crippen molar-refractivity contribution in [3.8, 4) is 12.3 Å². The van der Waals surface area contributed by atoms with E-state index in [1.807, 2.05) is 5.92 Å². The minimum atomic E-state index is -3.92. The fourth-order valence-corrected chi connectivity index (χ4v) is 1.21. The van der Waals surface area contributed by atoms with Crippen molar-refractivity contribution in [2.75, 3.05) is 19.0 Å². The molecule has 0 spiro atoms. The zero-order chi connectivity index (χ0) is 11.0. The van der Waals surface area contributed by atoms with Gasteiger partial charge < -0.3 is 4.74 Å². The average molecular weight is 218 g/mol. The SMILES string of the molecule is C#CCOS(=O)(=O)CC(=O)OCC=C. The minimum absolute atomic E-state index is 0.0382. The number of hydrogen-bond donors (Lipinski definition) is 0. The van der Waals surface area contributed by atoms with E-state index in [1.54, 1.807) is 0 Å². The molecule has 0 aliphatic rings. The summed E-state index contributed by atoms with van der Waals surface area (Å²) < 4.78 is 30.5. The van der Waals surface area contributed by atoms with Gasteiger partial charge in [-0.05, 0) is 0 Å². The summed E-state index contributed by atoms with van der Waals surface area (Å²) in [5.74, 6) is 0.225. The van der Waals surface area contributed by atoms with Crippen LogP contribution >= 0.6 is 0 Å². The molecule has 0 unspecified atom stereocenters. The van der Waals surface area contributed by atoms with Gasteiger partial charge in [-0.1, -0.05) is 18.6 Å². The topological polar surface area (TPSA) is 69.7 Å². The van der Waals surface area contributed by atoms with E-state index in [4.69, 9.17) is 6.42 Å². The molecule has 0 saturated heterocycles. The summed E-state index contributed by atoms with van der Waals surface area (Å²) in [4.78, 5) is 10.8. The first kappa shape index (κ1) is 12.7. The Labute approximate surface area is 82.8 Å². The third kappa shape index (κ3) is 6.22. The first-order chi connectivity index (χ1) is 6.52. The highest BCUT2D eigenvalue weighted by atomic mass is 32.2. The third-order valence-corrected chi connectivity index (χ3v) is 2.04. The van der Waals surface area contributed by atoms with E-state index >= 15 is 0 Å². The van der Waals surface area contributed by atoms with Gasteiger partial charge in [0.1, 0.15) is 13.2 Å². The van der Waals surface area contributed by atoms with Crippen molar-refractivity contribution >= 4 is 16.1 Å². The summed E-state index contributed by atoms with van der Waals surface area (Å²) in [6.07, 6.45) is 6.10. The molecule has 0 aliphatic heterocycles. The molecular formula is C8H10O5S. The van der Waals surface area contributed by atoms with Gasteiger partial charge in [-0.15, -0.1) is 6.42 Å². The highest BCUT2D eigenvalue weighted by Gasteiger charge is 2.17. The number of hydrogen-bond acceptors (Lipinski definition) is 5. The molecule has 0 aromatic carbocycles. The molecule has 0 radical (unpaired) electrons. The predicted molar refractivity (Wildman–Crippen MR) is 49.7 cm³/mol. The molecule has 0 atom stereocenters. The Morgan fingerprint density at radius 1 is 1.57 bits per heavy atom. The molecule has 0 N–H and O–H groups in total. The van der Waals surface area contributed by atoms with Crippen LogP contribution in [0, 0.1) is 12.3 Å². The zero-order valence-electron chi connectivity index (χ0n) is 7.43. The number of esters is 1. The van der Waals surface area contributed by atoms with Crippen molar-refractivity contribution in [1.82, 2.24) is 0 Å². The predicted octanol–water partition coefficient (Wildman–Crippen LogP) is -0.305. The highest BCUT2D eigenvalue weighted by Crippen LogP contribution is 1.94. The second-order valence-electron chi connectivity index (χ2n) is 2.14. The molecule has 0 heterocycles. The van der Waals surface area contributed by atoms with Crippen molar-refractivity contribution in [2.24, 2.45) is 0 Å². The fourth-order valence-electron chi connectivity index (χ4n) is 0.503. The van der Waals surface area contributed by atoms with Gasteiger partial charge in [0.05, 0.1) is 0 Å². The maximum Gasteiger partial charge on any atom is 0.323 e. The van der Waals surface area contributed by atoms with E-state index < -0.39 is 28.4 Å². The van der Waals surface area contributed by atoms with E-state index in [0.29, 0.717) is 0 Å². The van der Waals surface area contributed by atoms with Gasteiger partial charge >= 0.3 is 5.97 Å². The van der Waals surface area contributed by atoms with E-state index in [-0.39, 0.29) is 6.61 Å². The number of rotatable bonds is 6. The van der Waals surface area contributed by atoms with Crippen molar-refractivity contribution in [3.05, 3.63) is 12.7 Å². The van der Waals surface area contributed by atoms with Crippen LogP contribution in [0.4, 0.5) is 0 Å². The molecule has 78 valence electrons. The Hall–Kier alpha value is -1.32. The first-order valence-electron chi connectivity index (χ1n) is 3.59. The molecule has 0 bridgehead atoms. The van der Waals surface area contributed by atoms with Crippen LogP contribution < -0.4 is 0 Å². The monoisotopic (exact) mass is 218 g/mol. The Bertz CT molecular complexity index is 335. The lowest BCUT2D eigenvalue weighted by Crippen LogP contribution is -2.20. The highest BCUT2D eigenvalue weighted by molar-refractivity contribution is 7.87. The van der Waals surface area contributed by atoms with Crippen LogP contribution in [0.2, 0.25) is 0 Å². The van der Waals surface area contributed by atoms with Gasteiger partial charge in [-0.3, -0.25) is 8.98 Å². The molecule has 0 amide bonds. The lowest BCUT2D eigenvalue weighted by molar-refractivity contribution is -0.139. The quantitative estimate of drug-likeness (QED) is 0.265. The van der Waals surface area contributed by atoms with Crippen LogP contribution in [0.1, 0.15) is 0 Å². The zero-order valence-corrected chi connectivity index (χ0v) is 8.25. The molecule has 5 nitrogen and oxygen atoms in total. The van der Waals surface area contributed by atoms with Crippen molar-refractivity contribution in [2.45, 2.75) is 0 Å². The Balaban J connectivity index is 4.03. The maximum atomic E-state index is 10.9. The molecule has 0 aliphatic carbocycles. The van der Waals surface area contributed by atoms with Crippen molar-refractivity contribution < 1.29 is 22.1 Å². The lowest BCUT2D eigenvalue weighted by Gasteiger charge is -2.02. The lowest BCUT2D eigenvalue weighted by atomic mass is 10.7. The van der Waals surface area contributed by atoms with Gasteiger partial charge in [0.15, 0.2) is 5.75 Å². The molecule has 0 aromatic heterocycles. The standard InChI is InChI=1S/C8H10O5S/c1-3-5-12-8(9)7-14(10,11)13-6-4-2/h2-3H,1,5-7H2. The molecule has 6 heteroatoms. The molecule has 14 heavy (non-hydrogen) atoms. The average Bonchev–Trinajstić information content (AvgIpc) is 2.11. The number of terminal acetylenes is 1. The second-order valence-corrected chi connectivity index (χ2v) is 3.78. The van der Waals surface area contributed by atoms with E-state index in [0.717, 1.165) is 0 Å². The smallest absolute Gasteiger partial charge is 0.323 e. The third-order valence-electron chi connectivity index (χ3n) is 0.979. The van der Waals surface area contributed by atoms with E-state index in [2.05, 4.69) is 15.5 Å². The summed E-state index contributed by atoms with van der Waals surface area (Å²) in [5, 5.41) is 0. The van der Waals surface area contributed by atoms with Crippen LogP contribution in [-0.2, 0) is 23.8 Å². The maximum absolute atomic E-state index is 10.9. The van der Waals surface area contributed by atoms with E-state index in [9.17, 15) is 13.2 Å². The number of carbonyl (C=O) groups is 1. The van der Waals surface area contributed by atoms with Crippen molar-refractivity contribution in [3.63, 3.8) is 0 Å². The van der Waals surface area contributed by atoms with Gasteiger partial charge in [0.25, 0.3) is 10.1 Å². The summed E-state index contributed by atoms with van der Waals surface area (Å²) in [6.45, 7) is 2.86. The number of carbonyl (C=O) groups excluding carboxylic acids is 1. The van der Waals surface area contributed by atoms with Crippen LogP contribution in [0.15, 0.2) is 12.7 Å². The Morgan fingerprint density at radius 3 is 2.71 bits per heavy atom. The van der Waals surface area contributed by atoms with Crippen LogP contribution in [0.3, 0.4) is 0 Å². The van der Waals surface area contributed by atoms with Crippen LogP contribution in [-0.4, -0.2) is 33.4 Å². The largest absolute Gasteiger partial charge is 0.461 e. The summed E-state index contributed by atoms with van der Waals surface area (Å²) in [6, 6.07) is 0. The molecular weight excluding hydrogens is 208 g/mol. The molecule has 0 rings (SSSR count). The van der Waals surface area contributed by atoms with Gasteiger partial charge in [0, 0.05) is 0 Å².